The van der Waals surface area contributed by atoms with Gasteiger partial charge in [0.1, 0.15) is 11.5 Å². The summed E-state index contributed by atoms with van der Waals surface area (Å²) in [6.45, 7) is 4.41. The third-order valence-electron chi connectivity index (χ3n) is 7.24. The monoisotopic (exact) mass is 502 g/mol. The Hall–Kier alpha value is -3.16. The molecule has 0 atom stereocenters. The van der Waals surface area contributed by atoms with Crippen molar-refractivity contribution in [2.75, 3.05) is 14.1 Å². The summed E-state index contributed by atoms with van der Waals surface area (Å²) in [6, 6.07) is 8.16. The molecule has 8 heteroatoms. The largest absolute Gasteiger partial charge is 0.306 e. The lowest BCUT2D eigenvalue weighted by Gasteiger charge is -2.33. The van der Waals surface area contributed by atoms with Crippen LogP contribution >= 0.6 is 11.6 Å². The van der Waals surface area contributed by atoms with Crippen LogP contribution in [-0.4, -0.2) is 49.5 Å². The van der Waals surface area contributed by atoms with Gasteiger partial charge in [0.25, 0.3) is 5.56 Å². The van der Waals surface area contributed by atoms with Gasteiger partial charge in [-0.25, -0.2) is 15.0 Å². The van der Waals surface area contributed by atoms with Crippen molar-refractivity contribution in [1.29, 1.82) is 0 Å². The van der Waals surface area contributed by atoms with Gasteiger partial charge in [0.2, 0.25) is 0 Å². The maximum absolute atomic E-state index is 13.9. The second-order valence-electron chi connectivity index (χ2n) is 10.0. The van der Waals surface area contributed by atoms with Crippen molar-refractivity contribution in [3.63, 3.8) is 0 Å². The molecule has 1 saturated carbocycles. The van der Waals surface area contributed by atoms with Crippen molar-refractivity contribution >= 4 is 22.6 Å². The molecular weight excluding hydrogens is 472 g/mol. The summed E-state index contributed by atoms with van der Waals surface area (Å²) in [5.41, 5.74) is 4.31. The van der Waals surface area contributed by atoms with E-state index in [2.05, 4.69) is 38.9 Å². The van der Waals surface area contributed by atoms with E-state index < -0.39 is 0 Å². The molecule has 0 radical (unpaired) electrons. The number of halogens is 1. The Balaban J connectivity index is 1.55. The predicted octanol–water partition coefficient (Wildman–Crippen LogP) is 5.31. The summed E-state index contributed by atoms with van der Waals surface area (Å²) in [5.74, 6) is 1.09. The standard InChI is InChI=1S/C28H31ClN6O/c1-17-13-30-15-26(32-17)20-7-10-23(25(29)12-20)24-11-21-14-31-18(2)33-27(21)35(28(24)36)16-19-5-8-22(9-6-19)34(3)4/h7,10-15,19,22H,5-6,8-9,16H2,1-4H3/t19-,22-. The van der Waals surface area contributed by atoms with Crippen LogP contribution in [0, 0.1) is 19.8 Å². The first-order valence-electron chi connectivity index (χ1n) is 12.4. The van der Waals surface area contributed by atoms with Crippen molar-refractivity contribution < 1.29 is 0 Å². The normalized spacial score (nSPS) is 18.2. The summed E-state index contributed by atoms with van der Waals surface area (Å²) in [5, 5.41) is 1.33. The van der Waals surface area contributed by atoms with Crippen LogP contribution in [0.4, 0.5) is 0 Å². The van der Waals surface area contributed by atoms with Crippen LogP contribution in [0.25, 0.3) is 33.4 Å². The van der Waals surface area contributed by atoms with Gasteiger partial charge in [-0.2, -0.15) is 0 Å². The van der Waals surface area contributed by atoms with Gasteiger partial charge < -0.3 is 4.90 Å². The molecular formula is C28H31ClN6O. The minimum atomic E-state index is -0.0691. The second-order valence-corrected chi connectivity index (χ2v) is 10.5. The lowest BCUT2D eigenvalue weighted by Crippen LogP contribution is -2.34. The number of benzene rings is 1. The number of hydrogen-bond donors (Lipinski definition) is 0. The molecule has 0 saturated heterocycles. The molecule has 0 aliphatic heterocycles. The first-order chi connectivity index (χ1) is 17.3. The lowest BCUT2D eigenvalue weighted by molar-refractivity contribution is 0.184. The average Bonchev–Trinajstić information content (AvgIpc) is 2.86. The van der Waals surface area contributed by atoms with Gasteiger partial charge >= 0.3 is 0 Å². The zero-order valence-electron chi connectivity index (χ0n) is 21.2. The molecule has 3 heterocycles. The highest BCUT2D eigenvalue weighted by Crippen LogP contribution is 2.32. The molecule has 1 aliphatic carbocycles. The van der Waals surface area contributed by atoms with Crippen molar-refractivity contribution in [3.05, 3.63) is 69.8 Å². The van der Waals surface area contributed by atoms with E-state index in [9.17, 15) is 4.79 Å². The van der Waals surface area contributed by atoms with E-state index in [1.54, 1.807) is 18.6 Å². The van der Waals surface area contributed by atoms with Crippen LogP contribution in [0.1, 0.15) is 37.2 Å². The minimum absolute atomic E-state index is 0.0691. The van der Waals surface area contributed by atoms with Crippen LogP contribution in [0.5, 0.6) is 0 Å². The van der Waals surface area contributed by atoms with Crippen molar-refractivity contribution in [2.24, 2.45) is 5.92 Å². The second kappa shape index (κ2) is 10.1. The molecule has 5 rings (SSSR count). The molecule has 0 bridgehead atoms. The quantitative estimate of drug-likeness (QED) is 0.368. The summed E-state index contributed by atoms with van der Waals surface area (Å²) >= 11 is 6.76. The van der Waals surface area contributed by atoms with Gasteiger partial charge in [0.15, 0.2) is 0 Å². The predicted molar refractivity (Wildman–Crippen MR) is 144 cm³/mol. The summed E-state index contributed by atoms with van der Waals surface area (Å²) in [4.78, 5) is 34.0. The highest BCUT2D eigenvalue weighted by molar-refractivity contribution is 6.33. The van der Waals surface area contributed by atoms with Crippen LogP contribution < -0.4 is 5.56 Å². The van der Waals surface area contributed by atoms with Crippen LogP contribution in [0.2, 0.25) is 5.02 Å². The number of aromatic nitrogens is 5. The van der Waals surface area contributed by atoms with Gasteiger partial charge in [-0.1, -0.05) is 23.7 Å². The van der Waals surface area contributed by atoms with Crippen LogP contribution in [0.3, 0.4) is 0 Å². The first-order valence-corrected chi connectivity index (χ1v) is 12.8. The van der Waals surface area contributed by atoms with E-state index >= 15 is 0 Å². The Morgan fingerprint density at radius 1 is 1.00 bits per heavy atom. The SMILES string of the molecule is Cc1cncc(-c2ccc(-c3cc4cnc(C)nc4n(C[C@H]4CC[C@H](N(C)C)CC4)c3=O)c(Cl)c2)n1. The zero-order chi connectivity index (χ0) is 25.4. The topological polar surface area (TPSA) is 76.8 Å². The molecule has 0 spiro atoms. The number of rotatable bonds is 5. The molecule has 1 aliphatic rings. The first kappa shape index (κ1) is 24.5. The Morgan fingerprint density at radius 3 is 2.47 bits per heavy atom. The average molecular weight is 503 g/mol. The number of fused-ring (bicyclic) bond motifs is 1. The highest BCUT2D eigenvalue weighted by atomic mass is 35.5. The van der Waals surface area contributed by atoms with Gasteiger partial charge in [-0.3, -0.25) is 14.3 Å². The number of nitrogens with zero attached hydrogens (tertiary/aromatic N) is 6. The Bertz CT molecular complexity index is 1470. The molecule has 4 aromatic rings. The van der Waals surface area contributed by atoms with Crippen LogP contribution in [0.15, 0.2) is 47.7 Å². The van der Waals surface area contributed by atoms with E-state index in [1.807, 2.05) is 42.7 Å². The van der Waals surface area contributed by atoms with Crippen molar-refractivity contribution in [2.45, 2.75) is 52.1 Å². The third kappa shape index (κ3) is 4.90. The minimum Gasteiger partial charge on any atom is -0.306 e. The van der Waals surface area contributed by atoms with E-state index in [4.69, 9.17) is 11.6 Å². The van der Waals surface area contributed by atoms with Gasteiger partial charge in [0.05, 0.1) is 17.6 Å². The number of pyridine rings is 1. The maximum atomic E-state index is 13.9. The summed E-state index contributed by atoms with van der Waals surface area (Å²) < 4.78 is 1.84. The smallest absolute Gasteiger partial charge is 0.260 e. The van der Waals surface area contributed by atoms with Crippen molar-refractivity contribution in [3.8, 4) is 22.4 Å². The molecule has 36 heavy (non-hydrogen) atoms. The molecule has 1 fully saturated rings. The van der Waals surface area contributed by atoms with Crippen molar-refractivity contribution in [1.82, 2.24) is 29.4 Å². The molecule has 0 amide bonds. The molecule has 3 aromatic heterocycles. The Kier molecular flexibility index (Phi) is 6.86. The van der Waals surface area contributed by atoms with E-state index in [-0.39, 0.29) is 5.56 Å². The van der Waals surface area contributed by atoms with E-state index in [1.165, 1.54) is 0 Å². The molecule has 7 nitrogen and oxygen atoms in total. The molecule has 0 unspecified atom stereocenters. The fourth-order valence-corrected chi connectivity index (χ4v) is 5.49. The fraction of sp³-hybridized carbons (Fsp3) is 0.393. The van der Waals surface area contributed by atoms with Gasteiger partial charge in [-0.15, -0.1) is 0 Å². The molecule has 1 aromatic carbocycles. The fourth-order valence-electron chi connectivity index (χ4n) is 5.20. The number of hydrogen-bond acceptors (Lipinski definition) is 6. The number of aryl methyl sites for hydroxylation is 2. The highest BCUT2D eigenvalue weighted by Gasteiger charge is 2.24. The molecule has 186 valence electrons. The zero-order valence-corrected chi connectivity index (χ0v) is 22.0. The Labute approximate surface area is 216 Å². The summed E-state index contributed by atoms with van der Waals surface area (Å²) in [7, 11) is 4.29. The van der Waals surface area contributed by atoms with E-state index in [0.717, 1.165) is 48.0 Å². The third-order valence-corrected chi connectivity index (χ3v) is 7.56. The van der Waals surface area contributed by atoms with Gasteiger partial charge in [0, 0.05) is 52.1 Å². The summed E-state index contributed by atoms with van der Waals surface area (Å²) in [6.07, 6.45) is 9.71. The lowest BCUT2D eigenvalue weighted by atomic mass is 9.85. The maximum Gasteiger partial charge on any atom is 0.260 e. The van der Waals surface area contributed by atoms with E-state index in [0.29, 0.717) is 46.1 Å². The van der Waals surface area contributed by atoms with Crippen LogP contribution in [-0.2, 0) is 6.54 Å². The Morgan fingerprint density at radius 2 is 1.78 bits per heavy atom. The molecule has 0 N–H and O–H groups in total. The van der Waals surface area contributed by atoms with Gasteiger partial charge in [-0.05, 0) is 71.7 Å².